The van der Waals surface area contributed by atoms with Crippen molar-refractivity contribution >= 4 is 23.0 Å². The number of aromatic nitrogens is 2. The van der Waals surface area contributed by atoms with Crippen molar-refractivity contribution < 1.29 is 9.53 Å². The molecule has 0 saturated carbocycles. The van der Waals surface area contributed by atoms with E-state index in [1.807, 2.05) is 134 Å². The minimum absolute atomic E-state index is 0.0941. The standard InChI is InChI=1S/C21H28N2O2.C18H17N3O.C2H6/c1-7-11-12-17-18(9-3)23-21(24)20(17)19(10-4)22-15(5)13-14-16(8-2)25-6;1-3-14(20-15-10-7-11-19-12(15)2)17-13-8-5-4-6-9-16(13)21-18(17)22;1-2/h7-10,13-14H,1,11-12H2,2-6H3,(H,23,24);4-11H,3H2,1-2H3,(H,21,22);1-2H3/b14-13-,16-8+,18-9+,19-10-,22-15+;;. The van der Waals surface area contributed by atoms with Gasteiger partial charge in [0.2, 0.25) is 0 Å². The number of H-pyrrole nitrogens is 1. The van der Waals surface area contributed by atoms with E-state index in [0.717, 1.165) is 63.9 Å². The first-order chi connectivity index (χ1) is 23.7. The Hall–Kier alpha value is -5.37. The number of aromatic amines is 1. The molecule has 1 aromatic heterocycles. The van der Waals surface area contributed by atoms with Gasteiger partial charge in [-0.3, -0.25) is 24.6 Å². The monoisotopic (exact) mass is 661 g/mol. The van der Waals surface area contributed by atoms with E-state index in [4.69, 9.17) is 4.74 Å². The van der Waals surface area contributed by atoms with Crippen LogP contribution in [0.25, 0.3) is 11.3 Å². The summed E-state index contributed by atoms with van der Waals surface area (Å²) in [6, 6.07) is 13.4. The summed E-state index contributed by atoms with van der Waals surface area (Å²) in [7, 11) is 1.63. The smallest absolute Gasteiger partial charge is 0.258 e. The van der Waals surface area contributed by atoms with Crippen molar-refractivity contribution in [1.29, 1.82) is 0 Å². The summed E-state index contributed by atoms with van der Waals surface area (Å²) in [5, 5.41) is 2.93. The van der Waals surface area contributed by atoms with Gasteiger partial charge in [0.05, 0.1) is 41.0 Å². The average molecular weight is 662 g/mol. The van der Waals surface area contributed by atoms with Gasteiger partial charge in [-0.25, -0.2) is 0 Å². The number of hydrogen-bond donors (Lipinski definition) is 2. The number of aliphatic imine (C=N–C) groups is 2. The molecule has 258 valence electrons. The highest BCUT2D eigenvalue weighted by atomic mass is 16.5. The third-order valence-electron chi connectivity index (χ3n) is 7.47. The van der Waals surface area contributed by atoms with Crippen molar-refractivity contribution in [2.24, 2.45) is 9.98 Å². The fourth-order valence-electron chi connectivity index (χ4n) is 5.05. The molecule has 1 aliphatic carbocycles. The number of fused-ring (bicyclic) bond motifs is 1. The number of rotatable bonds is 11. The van der Waals surface area contributed by atoms with Crippen LogP contribution in [-0.2, 0) is 9.53 Å². The number of carbonyl (C=O) groups is 1. The number of allylic oxidation sites excluding steroid dienone is 7. The summed E-state index contributed by atoms with van der Waals surface area (Å²) in [6.45, 7) is 19.3. The number of aryl methyl sites for hydroxylation is 1. The van der Waals surface area contributed by atoms with Crippen molar-refractivity contribution in [2.45, 2.75) is 74.7 Å². The van der Waals surface area contributed by atoms with Crippen LogP contribution in [0, 0.1) is 6.92 Å². The van der Waals surface area contributed by atoms with Crippen molar-refractivity contribution in [3.63, 3.8) is 0 Å². The zero-order valence-electron chi connectivity index (χ0n) is 30.5. The first kappa shape index (κ1) is 39.8. The molecule has 1 aromatic rings. The van der Waals surface area contributed by atoms with Crippen LogP contribution < -0.4 is 10.9 Å². The van der Waals surface area contributed by atoms with Gasteiger partial charge < -0.3 is 15.0 Å². The zero-order valence-corrected chi connectivity index (χ0v) is 30.5. The van der Waals surface area contributed by atoms with Crippen LogP contribution in [0.5, 0.6) is 0 Å². The molecule has 0 saturated heterocycles. The molecule has 3 aliphatic rings. The Labute approximate surface area is 291 Å². The molecule has 0 aromatic carbocycles. The van der Waals surface area contributed by atoms with Gasteiger partial charge in [0, 0.05) is 28.9 Å². The van der Waals surface area contributed by atoms with Crippen molar-refractivity contribution in [3.05, 3.63) is 142 Å². The number of pyridine rings is 1. The third kappa shape index (κ3) is 10.8. The first-order valence-electron chi connectivity index (χ1n) is 16.8. The number of carbonyl (C=O) groups excluding carboxylic acids is 1. The van der Waals surface area contributed by atoms with Gasteiger partial charge in [-0.2, -0.15) is 0 Å². The molecule has 0 atom stereocenters. The predicted octanol–water partition coefficient (Wildman–Crippen LogP) is 9.49. The van der Waals surface area contributed by atoms with Gasteiger partial charge in [-0.1, -0.05) is 63.3 Å². The van der Waals surface area contributed by atoms with Crippen LogP contribution in [0.15, 0.2) is 135 Å². The quantitative estimate of drug-likeness (QED) is 0.0923. The maximum Gasteiger partial charge on any atom is 0.258 e. The molecule has 0 bridgehead atoms. The van der Waals surface area contributed by atoms with Gasteiger partial charge in [0.25, 0.3) is 11.5 Å². The van der Waals surface area contributed by atoms with Crippen LogP contribution in [0.4, 0.5) is 5.69 Å². The highest BCUT2D eigenvalue weighted by molar-refractivity contribution is 6.07. The normalized spacial score (nSPS) is 14.8. The Morgan fingerprint density at radius 3 is 2.37 bits per heavy atom. The molecule has 49 heavy (non-hydrogen) atoms. The lowest BCUT2D eigenvalue weighted by molar-refractivity contribution is -0.116. The van der Waals surface area contributed by atoms with E-state index in [2.05, 4.69) is 31.8 Å². The van der Waals surface area contributed by atoms with Gasteiger partial charge >= 0.3 is 0 Å². The highest BCUT2D eigenvalue weighted by Crippen LogP contribution is 2.31. The summed E-state index contributed by atoms with van der Waals surface area (Å²) in [5.74, 6) is 0.657. The first-order valence-corrected chi connectivity index (χ1v) is 16.8. The second-order valence-corrected chi connectivity index (χ2v) is 10.6. The van der Waals surface area contributed by atoms with Crippen molar-refractivity contribution in [1.82, 2.24) is 15.3 Å². The summed E-state index contributed by atoms with van der Waals surface area (Å²) in [4.78, 5) is 41.3. The predicted molar refractivity (Wildman–Crippen MR) is 206 cm³/mol. The average Bonchev–Trinajstić information content (AvgIpc) is 3.50. The van der Waals surface area contributed by atoms with Gasteiger partial charge in [-0.05, 0) is 95.9 Å². The molecule has 0 fully saturated rings. The zero-order chi connectivity index (χ0) is 36.3. The Morgan fingerprint density at radius 2 is 1.76 bits per heavy atom. The largest absolute Gasteiger partial charge is 0.497 e. The summed E-state index contributed by atoms with van der Waals surface area (Å²) >= 11 is 0. The maximum atomic E-state index is 12.5. The highest BCUT2D eigenvalue weighted by Gasteiger charge is 2.28. The molecular weight excluding hydrogens is 610 g/mol. The molecular formula is C41H51N5O3. The number of ether oxygens (including phenoxy) is 1. The van der Waals surface area contributed by atoms with Crippen LogP contribution >= 0.6 is 0 Å². The molecule has 4 rings (SSSR count). The van der Waals surface area contributed by atoms with E-state index in [1.165, 1.54) is 0 Å². The van der Waals surface area contributed by atoms with E-state index in [9.17, 15) is 9.59 Å². The van der Waals surface area contributed by atoms with E-state index in [-0.39, 0.29) is 11.5 Å². The second kappa shape index (κ2) is 20.8. The molecule has 2 aliphatic heterocycles. The van der Waals surface area contributed by atoms with E-state index in [1.54, 1.807) is 13.3 Å². The summed E-state index contributed by atoms with van der Waals surface area (Å²) in [6.07, 6.45) is 15.2. The van der Waals surface area contributed by atoms with Gasteiger partial charge in [-0.15, -0.1) is 6.58 Å². The number of nitrogens with one attached hydrogen (secondary N) is 2. The SMILES string of the molecule is C=CCCC1=C(C(=C/C)/N=C(C)/C=C\C(=C/C)OC)C(=O)N/C1=C/C.CC.CCC(=Nc1cccnc1C)c1c2cccccc-2[nH]c1=O. The Morgan fingerprint density at radius 1 is 1.02 bits per heavy atom. The van der Waals surface area contributed by atoms with Crippen molar-refractivity contribution in [3.8, 4) is 11.3 Å². The Kier molecular flexibility index (Phi) is 16.9. The lowest BCUT2D eigenvalue weighted by Crippen LogP contribution is -2.17. The van der Waals surface area contributed by atoms with Crippen LogP contribution in [0.2, 0.25) is 0 Å². The van der Waals surface area contributed by atoms with Gasteiger partial charge in [0.15, 0.2) is 0 Å². The molecule has 8 nitrogen and oxygen atoms in total. The Balaban J connectivity index is 0.000000325. The van der Waals surface area contributed by atoms with Crippen LogP contribution in [0.3, 0.4) is 0 Å². The molecule has 0 unspecified atom stereocenters. The van der Waals surface area contributed by atoms with Crippen LogP contribution in [-0.4, -0.2) is 34.4 Å². The topological polar surface area (TPSA) is 109 Å². The third-order valence-corrected chi connectivity index (χ3v) is 7.47. The lowest BCUT2D eigenvalue weighted by Gasteiger charge is -2.06. The number of hydrogen-bond acceptors (Lipinski definition) is 6. The van der Waals surface area contributed by atoms with E-state index >= 15 is 0 Å². The van der Waals surface area contributed by atoms with E-state index in [0.29, 0.717) is 23.3 Å². The second-order valence-electron chi connectivity index (χ2n) is 10.6. The fraction of sp³-hybridized carbons (Fsp3) is 0.293. The molecule has 3 heterocycles. The van der Waals surface area contributed by atoms with E-state index < -0.39 is 0 Å². The molecule has 0 radical (unpaired) electrons. The number of methoxy groups -OCH3 is 1. The Bertz CT molecular complexity index is 1830. The summed E-state index contributed by atoms with van der Waals surface area (Å²) in [5.41, 5.74) is 8.68. The molecule has 2 N–H and O–H groups in total. The minimum Gasteiger partial charge on any atom is -0.497 e. The number of amides is 1. The molecule has 8 heteroatoms. The maximum absolute atomic E-state index is 12.5. The fourth-order valence-corrected chi connectivity index (χ4v) is 5.05. The molecule has 1 amide bonds. The van der Waals surface area contributed by atoms with Gasteiger partial charge in [0.1, 0.15) is 5.76 Å². The molecule has 0 spiro atoms. The summed E-state index contributed by atoms with van der Waals surface area (Å²) < 4.78 is 5.20. The van der Waals surface area contributed by atoms with Crippen molar-refractivity contribution in [2.75, 3.05) is 7.11 Å². The lowest BCUT2D eigenvalue weighted by atomic mass is 10.0. The van der Waals surface area contributed by atoms with Crippen LogP contribution in [0.1, 0.15) is 79.0 Å². The minimum atomic E-state index is -0.105. The number of nitrogens with zero attached hydrogens (tertiary/aromatic N) is 3.